The van der Waals surface area contributed by atoms with Crippen LogP contribution in [-0.4, -0.2) is 39.6 Å². The van der Waals surface area contributed by atoms with Crippen LogP contribution in [0.4, 0.5) is 0 Å². The van der Waals surface area contributed by atoms with Gasteiger partial charge in [-0.15, -0.1) is 0 Å². The summed E-state index contributed by atoms with van der Waals surface area (Å²) < 4.78 is 27.5. The maximum absolute atomic E-state index is 11.2. The highest BCUT2D eigenvalue weighted by Gasteiger charge is 2.16. The Hall–Kier alpha value is -1.14. The zero-order chi connectivity index (χ0) is 12.9. The molecule has 6 heteroatoms. The molecule has 0 aliphatic rings. The maximum atomic E-state index is 11.2. The summed E-state index contributed by atoms with van der Waals surface area (Å²) >= 11 is 0. The summed E-state index contributed by atoms with van der Waals surface area (Å²) in [7, 11) is 0.418. The van der Waals surface area contributed by atoms with Gasteiger partial charge in [-0.1, -0.05) is 0 Å². The summed E-state index contributed by atoms with van der Waals surface area (Å²) in [5.74, 6) is 0.810. The molecule has 0 aromatic carbocycles. The van der Waals surface area contributed by atoms with Crippen LogP contribution in [0.1, 0.15) is 18.0 Å². The highest BCUT2D eigenvalue weighted by Crippen LogP contribution is 2.25. The topological polar surface area (TPSA) is 68.3 Å². The number of nitrogens with zero attached hydrogens (tertiary/aromatic N) is 1. The van der Waals surface area contributed by atoms with Crippen molar-refractivity contribution in [1.82, 2.24) is 10.3 Å². The third kappa shape index (κ3) is 4.32. The smallest absolute Gasteiger partial charge is 0.147 e. The molecule has 1 heterocycles. The molecule has 1 aromatic rings. The summed E-state index contributed by atoms with van der Waals surface area (Å²) in [5.41, 5.74) is 0.925. The van der Waals surface area contributed by atoms with E-state index in [1.165, 1.54) is 6.26 Å². The first-order valence-electron chi connectivity index (χ1n) is 5.31. The van der Waals surface area contributed by atoms with Gasteiger partial charge in [0.15, 0.2) is 0 Å². The van der Waals surface area contributed by atoms with E-state index in [0.717, 1.165) is 5.56 Å². The van der Waals surface area contributed by atoms with Gasteiger partial charge >= 0.3 is 0 Å². The van der Waals surface area contributed by atoms with Gasteiger partial charge in [0, 0.05) is 24.1 Å². The molecule has 0 bridgehead atoms. The van der Waals surface area contributed by atoms with Crippen molar-refractivity contribution in [2.24, 2.45) is 0 Å². The fraction of sp³-hybridized carbons (Fsp3) is 0.545. The third-order valence-corrected chi connectivity index (χ3v) is 3.51. The molecule has 1 atom stereocenters. The number of pyridine rings is 1. The van der Waals surface area contributed by atoms with Gasteiger partial charge in [0.1, 0.15) is 15.6 Å². The molecule has 1 rings (SSSR count). The molecule has 1 N–H and O–H groups in total. The van der Waals surface area contributed by atoms with Crippen LogP contribution in [0.15, 0.2) is 18.5 Å². The van der Waals surface area contributed by atoms with Gasteiger partial charge in [-0.2, -0.15) is 0 Å². The van der Waals surface area contributed by atoms with Crippen LogP contribution in [0.5, 0.6) is 5.75 Å². The second-order valence-electron chi connectivity index (χ2n) is 3.88. The van der Waals surface area contributed by atoms with E-state index >= 15 is 0 Å². The summed E-state index contributed by atoms with van der Waals surface area (Å²) in [5, 5.41) is 3.09. The second-order valence-corrected chi connectivity index (χ2v) is 6.14. The van der Waals surface area contributed by atoms with Crippen molar-refractivity contribution in [3.63, 3.8) is 0 Å². The molecule has 0 aliphatic heterocycles. The van der Waals surface area contributed by atoms with E-state index in [1.807, 2.05) is 6.07 Å². The fourth-order valence-corrected chi connectivity index (χ4v) is 2.30. The van der Waals surface area contributed by atoms with Crippen molar-refractivity contribution >= 4 is 9.84 Å². The minimum Gasteiger partial charge on any atom is -0.495 e. The SMILES string of the molecule is CNC(CCS(C)(=O)=O)c1ccncc1OC. The van der Waals surface area contributed by atoms with Crippen LogP contribution in [0.2, 0.25) is 0 Å². The maximum Gasteiger partial charge on any atom is 0.147 e. The van der Waals surface area contributed by atoms with Crippen molar-refractivity contribution < 1.29 is 13.2 Å². The van der Waals surface area contributed by atoms with Crippen molar-refractivity contribution in [2.75, 3.05) is 26.2 Å². The molecule has 1 aromatic heterocycles. The van der Waals surface area contributed by atoms with E-state index in [-0.39, 0.29) is 11.8 Å². The molecule has 0 radical (unpaired) electrons. The van der Waals surface area contributed by atoms with Gasteiger partial charge in [-0.05, 0) is 19.5 Å². The lowest BCUT2D eigenvalue weighted by atomic mass is 10.1. The van der Waals surface area contributed by atoms with Gasteiger partial charge in [0.2, 0.25) is 0 Å². The van der Waals surface area contributed by atoms with Crippen molar-refractivity contribution in [2.45, 2.75) is 12.5 Å². The average molecular weight is 258 g/mol. The van der Waals surface area contributed by atoms with E-state index in [0.29, 0.717) is 12.2 Å². The molecule has 5 nitrogen and oxygen atoms in total. The lowest BCUT2D eigenvalue weighted by Gasteiger charge is -2.18. The number of nitrogens with one attached hydrogen (secondary N) is 1. The Morgan fingerprint density at radius 2 is 2.24 bits per heavy atom. The Morgan fingerprint density at radius 3 is 2.76 bits per heavy atom. The number of ether oxygens (including phenoxy) is 1. The minimum absolute atomic E-state index is 0.0531. The van der Waals surface area contributed by atoms with Crippen molar-refractivity contribution in [3.05, 3.63) is 24.0 Å². The quantitative estimate of drug-likeness (QED) is 0.817. The lowest BCUT2D eigenvalue weighted by molar-refractivity contribution is 0.398. The zero-order valence-corrected chi connectivity index (χ0v) is 11.1. The van der Waals surface area contributed by atoms with Crippen LogP contribution >= 0.6 is 0 Å². The molecule has 0 amide bonds. The van der Waals surface area contributed by atoms with E-state index in [9.17, 15) is 8.42 Å². The Morgan fingerprint density at radius 1 is 1.53 bits per heavy atom. The Labute approximate surface area is 102 Å². The van der Waals surface area contributed by atoms with Crippen LogP contribution in [0.25, 0.3) is 0 Å². The highest BCUT2D eigenvalue weighted by atomic mass is 32.2. The lowest BCUT2D eigenvalue weighted by Crippen LogP contribution is -2.20. The van der Waals surface area contributed by atoms with Crippen molar-refractivity contribution in [1.29, 1.82) is 0 Å². The Bertz CT molecular complexity index is 460. The van der Waals surface area contributed by atoms with Gasteiger partial charge in [-0.3, -0.25) is 4.98 Å². The summed E-state index contributed by atoms with van der Waals surface area (Å²) in [4.78, 5) is 3.97. The summed E-state index contributed by atoms with van der Waals surface area (Å²) in [6, 6.07) is 1.78. The third-order valence-electron chi connectivity index (χ3n) is 2.54. The van der Waals surface area contributed by atoms with Gasteiger partial charge in [-0.25, -0.2) is 8.42 Å². The van der Waals surface area contributed by atoms with E-state index in [1.54, 1.807) is 26.6 Å². The highest BCUT2D eigenvalue weighted by molar-refractivity contribution is 7.90. The second kappa shape index (κ2) is 5.97. The number of sulfone groups is 1. The van der Waals surface area contributed by atoms with Gasteiger partial charge < -0.3 is 10.1 Å². The van der Waals surface area contributed by atoms with Crippen LogP contribution in [0.3, 0.4) is 0 Å². The molecular formula is C11H18N2O3S. The number of rotatable bonds is 6. The molecule has 0 fully saturated rings. The molecule has 0 saturated heterocycles. The van der Waals surface area contributed by atoms with Gasteiger partial charge in [0.25, 0.3) is 0 Å². The van der Waals surface area contributed by atoms with Crippen LogP contribution < -0.4 is 10.1 Å². The first-order valence-corrected chi connectivity index (χ1v) is 7.37. The molecule has 1 unspecified atom stereocenters. The molecule has 0 saturated carbocycles. The number of aromatic nitrogens is 1. The fourth-order valence-electron chi connectivity index (χ4n) is 1.64. The van der Waals surface area contributed by atoms with Crippen LogP contribution in [-0.2, 0) is 9.84 Å². The predicted octanol–water partition coefficient (Wildman–Crippen LogP) is 0.785. The number of hydrogen-bond acceptors (Lipinski definition) is 5. The van der Waals surface area contributed by atoms with Crippen molar-refractivity contribution in [3.8, 4) is 5.75 Å². The number of methoxy groups -OCH3 is 1. The number of hydrogen-bond donors (Lipinski definition) is 1. The zero-order valence-electron chi connectivity index (χ0n) is 10.3. The molecule has 96 valence electrons. The minimum atomic E-state index is -2.95. The normalized spacial score (nSPS) is 13.4. The average Bonchev–Trinajstić information content (AvgIpc) is 2.29. The first kappa shape index (κ1) is 13.9. The summed E-state index contributed by atoms with van der Waals surface area (Å²) in [6.45, 7) is 0. The van der Waals surface area contributed by atoms with Gasteiger partial charge in [0.05, 0.1) is 19.1 Å². The molecule has 0 aliphatic carbocycles. The Balaban J connectivity index is 2.86. The standard InChI is InChI=1S/C11H18N2O3S/c1-12-10(5-7-17(3,14)15)9-4-6-13-8-11(9)16-2/h4,6,8,10,12H,5,7H2,1-3H3. The Kier molecular flexibility index (Phi) is 4.89. The van der Waals surface area contributed by atoms with Crippen LogP contribution in [0, 0.1) is 0 Å². The van der Waals surface area contributed by atoms with E-state index in [2.05, 4.69) is 10.3 Å². The molecular weight excluding hydrogens is 240 g/mol. The van der Waals surface area contributed by atoms with E-state index < -0.39 is 9.84 Å². The summed E-state index contributed by atoms with van der Waals surface area (Å²) in [6.07, 6.45) is 5.04. The largest absolute Gasteiger partial charge is 0.495 e. The molecule has 0 spiro atoms. The monoisotopic (exact) mass is 258 g/mol. The first-order chi connectivity index (χ1) is 7.98. The molecule has 17 heavy (non-hydrogen) atoms. The predicted molar refractivity (Wildman–Crippen MR) is 66.9 cm³/mol. The van der Waals surface area contributed by atoms with E-state index in [4.69, 9.17) is 4.74 Å².